The van der Waals surface area contributed by atoms with Gasteiger partial charge in [0.05, 0.1) is 0 Å². The highest BCUT2D eigenvalue weighted by Crippen LogP contribution is 2.22. The number of carbonyl (C=O) groups excluding carboxylic acids is 1. The summed E-state index contributed by atoms with van der Waals surface area (Å²) in [5.74, 6) is 0.333. The van der Waals surface area contributed by atoms with Crippen LogP contribution in [-0.4, -0.2) is 49.0 Å². The molecule has 1 aromatic carbocycles. The highest BCUT2D eigenvalue weighted by atomic mass is 16.1. The fraction of sp³-hybridized carbons (Fsp3) is 0.429. The number of rotatable bonds is 7. The van der Waals surface area contributed by atoms with Crippen molar-refractivity contribution in [3.63, 3.8) is 0 Å². The molecule has 26 heavy (non-hydrogen) atoms. The van der Waals surface area contributed by atoms with Gasteiger partial charge in [0.1, 0.15) is 0 Å². The second-order valence-corrected chi connectivity index (χ2v) is 6.98. The van der Waals surface area contributed by atoms with Crippen molar-refractivity contribution < 1.29 is 4.79 Å². The van der Waals surface area contributed by atoms with Crippen molar-refractivity contribution in [3.05, 3.63) is 60.4 Å². The number of piperidine rings is 1. The van der Waals surface area contributed by atoms with E-state index in [1.54, 1.807) is 0 Å². The van der Waals surface area contributed by atoms with Crippen LogP contribution in [0.3, 0.4) is 0 Å². The first-order valence-electron chi connectivity index (χ1n) is 9.37. The van der Waals surface area contributed by atoms with Crippen LogP contribution in [0.1, 0.15) is 18.4 Å². The van der Waals surface area contributed by atoms with Crippen molar-refractivity contribution in [2.24, 2.45) is 5.92 Å². The molecule has 0 saturated carbocycles. The average Bonchev–Trinajstić information content (AvgIpc) is 2.69. The molecule has 1 aliphatic heterocycles. The van der Waals surface area contributed by atoms with E-state index in [-0.39, 0.29) is 11.8 Å². The summed E-state index contributed by atoms with van der Waals surface area (Å²) in [6.07, 6.45) is 5.46. The molecule has 1 aromatic heterocycles. The Morgan fingerprint density at radius 1 is 1.15 bits per heavy atom. The van der Waals surface area contributed by atoms with Crippen molar-refractivity contribution in [1.82, 2.24) is 15.2 Å². The van der Waals surface area contributed by atoms with Crippen molar-refractivity contribution in [1.29, 1.82) is 0 Å². The Balaban J connectivity index is 1.35. The summed E-state index contributed by atoms with van der Waals surface area (Å²) >= 11 is 0. The normalized spacial score (nSPS) is 15.2. The monoisotopic (exact) mass is 352 g/mol. The summed E-state index contributed by atoms with van der Waals surface area (Å²) in [5.41, 5.74) is 2.49. The number of amides is 1. The van der Waals surface area contributed by atoms with Crippen LogP contribution in [0.15, 0.2) is 54.9 Å². The smallest absolute Gasteiger partial charge is 0.223 e. The Bertz CT molecular complexity index is 669. The van der Waals surface area contributed by atoms with Gasteiger partial charge in [-0.15, -0.1) is 0 Å². The largest absolute Gasteiger partial charge is 0.371 e. The zero-order valence-corrected chi connectivity index (χ0v) is 15.5. The number of hydrogen-bond acceptors (Lipinski definition) is 4. The summed E-state index contributed by atoms with van der Waals surface area (Å²) in [6, 6.07) is 14.5. The first kappa shape index (κ1) is 18.4. The zero-order valence-electron chi connectivity index (χ0n) is 15.5. The Labute approximate surface area is 156 Å². The molecule has 0 spiro atoms. The van der Waals surface area contributed by atoms with E-state index >= 15 is 0 Å². The average molecular weight is 352 g/mol. The van der Waals surface area contributed by atoms with Gasteiger partial charge < -0.3 is 15.1 Å². The highest BCUT2D eigenvalue weighted by molar-refractivity contribution is 5.79. The van der Waals surface area contributed by atoms with E-state index in [1.165, 1.54) is 11.3 Å². The SMILES string of the molecule is CN(CCNC(=O)C1CCN(c2ccncc2)CC1)Cc1ccccc1. The molecule has 138 valence electrons. The van der Waals surface area contributed by atoms with Gasteiger partial charge in [0.2, 0.25) is 5.91 Å². The number of carbonyl (C=O) groups is 1. The molecule has 1 fully saturated rings. The first-order chi connectivity index (χ1) is 12.7. The van der Waals surface area contributed by atoms with Crippen LogP contribution in [0.4, 0.5) is 5.69 Å². The fourth-order valence-corrected chi connectivity index (χ4v) is 3.44. The minimum atomic E-state index is 0.132. The van der Waals surface area contributed by atoms with E-state index in [2.05, 4.69) is 51.4 Å². The maximum atomic E-state index is 12.4. The lowest BCUT2D eigenvalue weighted by Gasteiger charge is -2.33. The van der Waals surface area contributed by atoms with E-state index in [9.17, 15) is 4.79 Å². The number of nitrogens with one attached hydrogen (secondary N) is 1. The molecule has 0 aliphatic carbocycles. The lowest BCUT2D eigenvalue weighted by atomic mass is 9.95. The van der Waals surface area contributed by atoms with Crippen molar-refractivity contribution in [3.8, 4) is 0 Å². The highest BCUT2D eigenvalue weighted by Gasteiger charge is 2.24. The number of likely N-dealkylation sites (N-methyl/N-ethyl adjacent to an activating group) is 1. The van der Waals surface area contributed by atoms with Crippen LogP contribution in [-0.2, 0) is 11.3 Å². The van der Waals surface area contributed by atoms with Crippen molar-refractivity contribution in [2.75, 3.05) is 38.1 Å². The number of anilines is 1. The van der Waals surface area contributed by atoms with Gasteiger partial charge in [-0.2, -0.15) is 0 Å². The van der Waals surface area contributed by atoms with Gasteiger partial charge in [-0.05, 0) is 37.6 Å². The summed E-state index contributed by atoms with van der Waals surface area (Å²) in [5, 5.41) is 3.11. The second kappa shape index (κ2) is 9.34. The topological polar surface area (TPSA) is 48.5 Å². The summed E-state index contributed by atoms with van der Waals surface area (Å²) in [6.45, 7) is 4.32. The van der Waals surface area contributed by atoms with E-state index in [0.29, 0.717) is 6.54 Å². The molecule has 1 amide bonds. The Morgan fingerprint density at radius 3 is 2.54 bits per heavy atom. The molecule has 5 heteroatoms. The molecule has 5 nitrogen and oxygen atoms in total. The van der Waals surface area contributed by atoms with Gasteiger partial charge in [0.25, 0.3) is 0 Å². The number of aromatic nitrogens is 1. The molecule has 1 saturated heterocycles. The number of pyridine rings is 1. The van der Waals surface area contributed by atoms with Crippen LogP contribution in [0.5, 0.6) is 0 Å². The van der Waals surface area contributed by atoms with E-state index in [1.807, 2.05) is 30.6 Å². The van der Waals surface area contributed by atoms with E-state index < -0.39 is 0 Å². The third-order valence-electron chi connectivity index (χ3n) is 4.98. The van der Waals surface area contributed by atoms with Crippen LogP contribution in [0, 0.1) is 5.92 Å². The second-order valence-electron chi connectivity index (χ2n) is 6.98. The predicted molar refractivity (Wildman–Crippen MR) is 105 cm³/mol. The van der Waals surface area contributed by atoms with Gasteiger partial charge in [-0.25, -0.2) is 0 Å². The Hall–Kier alpha value is -2.40. The quantitative estimate of drug-likeness (QED) is 0.832. The van der Waals surface area contributed by atoms with Gasteiger partial charge in [0.15, 0.2) is 0 Å². The maximum absolute atomic E-state index is 12.4. The van der Waals surface area contributed by atoms with E-state index in [0.717, 1.165) is 39.0 Å². The Kier molecular flexibility index (Phi) is 6.61. The Morgan fingerprint density at radius 2 is 1.85 bits per heavy atom. The van der Waals surface area contributed by atoms with Gasteiger partial charge >= 0.3 is 0 Å². The van der Waals surface area contributed by atoms with Crippen LogP contribution in [0.25, 0.3) is 0 Å². The summed E-state index contributed by atoms with van der Waals surface area (Å²) < 4.78 is 0. The third-order valence-corrected chi connectivity index (χ3v) is 4.98. The molecule has 0 unspecified atom stereocenters. The standard InChI is InChI=1S/C21H28N4O/c1-24(17-18-5-3-2-4-6-18)16-13-23-21(26)19-9-14-25(15-10-19)20-7-11-22-12-8-20/h2-8,11-12,19H,9-10,13-17H2,1H3,(H,23,26). The van der Waals surface area contributed by atoms with Gasteiger partial charge in [-0.3, -0.25) is 9.78 Å². The minimum absolute atomic E-state index is 0.132. The molecule has 0 bridgehead atoms. The van der Waals surface area contributed by atoms with Crippen molar-refractivity contribution in [2.45, 2.75) is 19.4 Å². The fourth-order valence-electron chi connectivity index (χ4n) is 3.44. The lowest BCUT2D eigenvalue weighted by molar-refractivity contribution is -0.125. The summed E-state index contributed by atoms with van der Waals surface area (Å²) in [7, 11) is 2.09. The molecular weight excluding hydrogens is 324 g/mol. The predicted octanol–water partition coefficient (Wildman–Crippen LogP) is 2.55. The molecule has 1 N–H and O–H groups in total. The van der Waals surface area contributed by atoms with E-state index in [4.69, 9.17) is 0 Å². The van der Waals surface area contributed by atoms with Gasteiger partial charge in [0, 0.05) is 56.7 Å². The van der Waals surface area contributed by atoms with Crippen LogP contribution in [0.2, 0.25) is 0 Å². The molecule has 2 heterocycles. The number of hydrogen-bond donors (Lipinski definition) is 1. The molecule has 1 aliphatic rings. The zero-order chi connectivity index (χ0) is 18.2. The van der Waals surface area contributed by atoms with Gasteiger partial charge in [-0.1, -0.05) is 30.3 Å². The van der Waals surface area contributed by atoms with Crippen LogP contribution < -0.4 is 10.2 Å². The maximum Gasteiger partial charge on any atom is 0.223 e. The molecule has 2 aromatic rings. The number of benzene rings is 1. The third kappa shape index (κ3) is 5.30. The molecule has 0 atom stereocenters. The number of nitrogens with zero attached hydrogens (tertiary/aromatic N) is 3. The minimum Gasteiger partial charge on any atom is -0.371 e. The molecule has 0 radical (unpaired) electrons. The van der Waals surface area contributed by atoms with Crippen molar-refractivity contribution >= 4 is 11.6 Å². The summed E-state index contributed by atoms with van der Waals surface area (Å²) in [4.78, 5) is 21.1. The molecule has 3 rings (SSSR count). The lowest BCUT2D eigenvalue weighted by Crippen LogP contribution is -2.42. The molecular formula is C21H28N4O. The first-order valence-corrected chi connectivity index (χ1v) is 9.37. The van der Waals surface area contributed by atoms with Crippen LogP contribution >= 0.6 is 0 Å².